The molecule has 0 spiro atoms. The Morgan fingerprint density at radius 2 is 2.06 bits per heavy atom. The summed E-state index contributed by atoms with van der Waals surface area (Å²) in [4.78, 5) is 2.63. The number of alkyl halides is 1. The van der Waals surface area contributed by atoms with Gasteiger partial charge in [-0.15, -0.1) is 22.9 Å². The summed E-state index contributed by atoms with van der Waals surface area (Å²) in [5.74, 6) is 0. The van der Waals surface area contributed by atoms with Crippen LogP contribution in [0.5, 0.6) is 0 Å². The predicted molar refractivity (Wildman–Crippen MR) is 80.2 cm³/mol. The third-order valence-electron chi connectivity index (χ3n) is 2.80. The molecule has 0 bridgehead atoms. The molecule has 1 aromatic carbocycles. The molecule has 0 N–H and O–H groups in total. The molecule has 1 aromatic heterocycles. The second-order valence-electron chi connectivity index (χ2n) is 4.19. The van der Waals surface area contributed by atoms with Crippen LogP contribution in [0.2, 0.25) is 0 Å². The Morgan fingerprint density at radius 1 is 1.29 bits per heavy atom. The Kier molecular flexibility index (Phi) is 4.29. The van der Waals surface area contributed by atoms with Gasteiger partial charge in [0.25, 0.3) is 0 Å². The van der Waals surface area contributed by atoms with Crippen LogP contribution in [-0.4, -0.2) is 0 Å². The van der Waals surface area contributed by atoms with Crippen molar-refractivity contribution in [1.29, 1.82) is 0 Å². The van der Waals surface area contributed by atoms with E-state index in [-0.39, 0.29) is 5.38 Å². The van der Waals surface area contributed by atoms with Crippen LogP contribution in [-0.2, 0) is 6.42 Å². The number of aryl methyl sites for hydroxylation is 2. The van der Waals surface area contributed by atoms with Gasteiger partial charge in [-0.3, -0.25) is 0 Å². The molecule has 1 atom stereocenters. The molecule has 90 valence electrons. The summed E-state index contributed by atoms with van der Waals surface area (Å²) in [6, 6.07) is 10.5. The van der Waals surface area contributed by atoms with Crippen molar-refractivity contribution in [3.05, 3.63) is 55.7 Å². The average Bonchev–Trinajstić information content (AvgIpc) is 2.59. The van der Waals surface area contributed by atoms with Gasteiger partial charge in [-0.25, -0.2) is 0 Å². The first kappa shape index (κ1) is 13.1. The highest BCUT2D eigenvalue weighted by Gasteiger charge is 2.12. The number of rotatable bonds is 3. The van der Waals surface area contributed by atoms with E-state index < -0.39 is 0 Å². The fourth-order valence-corrected chi connectivity index (χ4v) is 3.57. The minimum atomic E-state index is 0.0710. The average molecular weight is 330 g/mol. The summed E-state index contributed by atoms with van der Waals surface area (Å²) >= 11 is 11.8. The molecular formula is C14H14BrClS. The molecule has 2 rings (SSSR count). The molecule has 0 radical (unpaired) electrons. The molecule has 2 aromatic rings. The van der Waals surface area contributed by atoms with Crippen molar-refractivity contribution < 1.29 is 0 Å². The smallest absolute Gasteiger partial charge is 0.0719 e. The Morgan fingerprint density at radius 3 is 2.65 bits per heavy atom. The first-order valence-corrected chi connectivity index (χ1v) is 7.56. The van der Waals surface area contributed by atoms with Gasteiger partial charge in [-0.1, -0.05) is 28.1 Å². The SMILES string of the molecule is Cc1cc(C(Cl)Cc2cccc(Br)c2)sc1C. The van der Waals surface area contributed by atoms with Crippen molar-refractivity contribution in [2.75, 3.05) is 0 Å². The molecule has 0 saturated carbocycles. The van der Waals surface area contributed by atoms with Crippen LogP contribution >= 0.6 is 38.9 Å². The first-order valence-electron chi connectivity index (χ1n) is 5.51. The molecule has 3 heteroatoms. The Balaban J connectivity index is 2.14. The van der Waals surface area contributed by atoms with E-state index in [1.807, 2.05) is 12.1 Å². The highest BCUT2D eigenvalue weighted by Crippen LogP contribution is 2.33. The van der Waals surface area contributed by atoms with Crippen LogP contribution in [0.4, 0.5) is 0 Å². The summed E-state index contributed by atoms with van der Waals surface area (Å²) in [7, 11) is 0. The molecule has 0 nitrogen and oxygen atoms in total. The van der Waals surface area contributed by atoms with Crippen molar-refractivity contribution in [1.82, 2.24) is 0 Å². The zero-order valence-corrected chi connectivity index (χ0v) is 13.0. The van der Waals surface area contributed by atoms with E-state index in [4.69, 9.17) is 11.6 Å². The van der Waals surface area contributed by atoms with Crippen molar-refractivity contribution in [2.45, 2.75) is 25.6 Å². The molecule has 17 heavy (non-hydrogen) atoms. The fourth-order valence-electron chi connectivity index (χ4n) is 1.73. The van der Waals surface area contributed by atoms with E-state index in [2.05, 4.69) is 48.0 Å². The minimum absolute atomic E-state index is 0.0710. The van der Waals surface area contributed by atoms with Gasteiger partial charge in [-0.05, 0) is 49.6 Å². The predicted octanol–water partition coefficient (Wildman–Crippen LogP) is 5.65. The summed E-state index contributed by atoms with van der Waals surface area (Å²) in [5.41, 5.74) is 2.60. The third kappa shape index (κ3) is 3.34. The largest absolute Gasteiger partial charge is 0.144 e. The van der Waals surface area contributed by atoms with E-state index in [1.165, 1.54) is 20.9 Å². The fraction of sp³-hybridized carbons (Fsp3) is 0.286. The Labute approximate surface area is 120 Å². The second-order valence-corrected chi connectivity index (χ2v) is 6.92. The second kappa shape index (κ2) is 5.55. The van der Waals surface area contributed by atoms with E-state index in [0.29, 0.717) is 0 Å². The lowest BCUT2D eigenvalue weighted by atomic mass is 10.1. The van der Waals surface area contributed by atoms with Gasteiger partial charge in [0.15, 0.2) is 0 Å². The number of thiophene rings is 1. The Bertz CT molecular complexity index is 499. The number of hydrogen-bond donors (Lipinski definition) is 0. The summed E-state index contributed by atoms with van der Waals surface area (Å²) in [6.45, 7) is 4.28. The van der Waals surface area contributed by atoms with Gasteiger partial charge in [0, 0.05) is 14.2 Å². The van der Waals surface area contributed by atoms with Crippen molar-refractivity contribution >= 4 is 38.9 Å². The summed E-state index contributed by atoms with van der Waals surface area (Å²) in [6.07, 6.45) is 0.875. The molecule has 0 aliphatic rings. The molecule has 1 unspecified atom stereocenters. The van der Waals surface area contributed by atoms with E-state index in [1.54, 1.807) is 11.3 Å². The van der Waals surface area contributed by atoms with Gasteiger partial charge < -0.3 is 0 Å². The van der Waals surface area contributed by atoms with Crippen LogP contribution in [0.25, 0.3) is 0 Å². The maximum atomic E-state index is 6.47. The number of hydrogen-bond acceptors (Lipinski definition) is 1. The van der Waals surface area contributed by atoms with Crippen LogP contribution in [0.1, 0.15) is 26.3 Å². The van der Waals surface area contributed by atoms with E-state index in [9.17, 15) is 0 Å². The number of benzene rings is 1. The van der Waals surface area contributed by atoms with Gasteiger partial charge in [0.2, 0.25) is 0 Å². The van der Waals surface area contributed by atoms with Crippen LogP contribution in [0.15, 0.2) is 34.8 Å². The maximum Gasteiger partial charge on any atom is 0.0719 e. The lowest BCUT2D eigenvalue weighted by molar-refractivity contribution is 0.938. The van der Waals surface area contributed by atoms with Gasteiger partial charge in [-0.2, -0.15) is 0 Å². The highest BCUT2D eigenvalue weighted by molar-refractivity contribution is 9.10. The number of halogens is 2. The quantitative estimate of drug-likeness (QED) is 0.638. The molecule has 0 fully saturated rings. The van der Waals surface area contributed by atoms with Gasteiger partial charge >= 0.3 is 0 Å². The topological polar surface area (TPSA) is 0 Å². The van der Waals surface area contributed by atoms with Gasteiger partial charge in [0.1, 0.15) is 0 Å². The monoisotopic (exact) mass is 328 g/mol. The van der Waals surface area contributed by atoms with Gasteiger partial charge in [0.05, 0.1) is 5.38 Å². The zero-order chi connectivity index (χ0) is 12.4. The van der Waals surface area contributed by atoms with Crippen molar-refractivity contribution in [3.63, 3.8) is 0 Å². The Hall–Kier alpha value is -0.310. The highest BCUT2D eigenvalue weighted by atomic mass is 79.9. The zero-order valence-electron chi connectivity index (χ0n) is 9.84. The summed E-state index contributed by atoms with van der Waals surface area (Å²) in [5, 5.41) is 0.0710. The molecule has 0 saturated heterocycles. The molecule has 0 amide bonds. The normalized spacial score (nSPS) is 12.7. The van der Waals surface area contributed by atoms with Crippen molar-refractivity contribution in [3.8, 4) is 0 Å². The van der Waals surface area contributed by atoms with Crippen molar-refractivity contribution in [2.24, 2.45) is 0 Å². The molecule has 1 heterocycles. The minimum Gasteiger partial charge on any atom is -0.144 e. The standard InChI is InChI=1S/C14H14BrClS/c1-9-6-14(17-10(9)2)13(16)8-11-4-3-5-12(15)7-11/h3-7,13H,8H2,1-2H3. The molecule has 0 aliphatic heterocycles. The molecule has 0 aliphatic carbocycles. The molecular weight excluding hydrogens is 316 g/mol. The van der Waals surface area contributed by atoms with Crippen LogP contribution in [0.3, 0.4) is 0 Å². The maximum absolute atomic E-state index is 6.47. The van der Waals surface area contributed by atoms with Crippen LogP contribution in [0, 0.1) is 13.8 Å². The third-order valence-corrected chi connectivity index (χ3v) is 5.08. The van der Waals surface area contributed by atoms with E-state index in [0.717, 1.165) is 10.9 Å². The van der Waals surface area contributed by atoms with E-state index >= 15 is 0 Å². The lowest BCUT2D eigenvalue weighted by Crippen LogP contribution is -1.93. The first-order chi connectivity index (χ1) is 8.06. The summed E-state index contributed by atoms with van der Waals surface area (Å²) < 4.78 is 1.11. The van der Waals surface area contributed by atoms with Crippen LogP contribution < -0.4 is 0 Å². The lowest BCUT2D eigenvalue weighted by Gasteiger charge is -2.07.